The van der Waals surface area contributed by atoms with Crippen LogP contribution in [-0.2, 0) is 27.8 Å². The number of hydrogen-bond donors (Lipinski definition) is 2. The van der Waals surface area contributed by atoms with Gasteiger partial charge in [-0.25, -0.2) is 0 Å². The van der Waals surface area contributed by atoms with Crippen LogP contribution in [0.25, 0.3) is 0 Å². The first-order chi connectivity index (χ1) is 9.54. The normalized spacial score (nSPS) is 12.0. The zero-order valence-corrected chi connectivity index (χ0v) is 11.5. The summed E-state index contributed by atoms with van der Waals surface area (Å²) in [6.07, 6.45) is -0.0422. The number of aromatic hydroxyl groups is 1. The molecular weight excluding hydrogens is 276 g/mol. The molecule has 0 aliphatic rings. The largest absolute Gasteiger partial charge is 0.508 e. The maximum atomic E-state index is 12.2. The summed E-state index contributed by atoms with van der Waals surface area (Å²) in [6.45, 7) is 0. The van der Waals surface area contributed by atoms with E-state index in [2.05, 4.69) is 0 Å². The number of aliphatic carboxylic acids is 1. The van der Waals surface area contributed by atoms with E-state index in [-0.39, 0.29) is 12.2 Å². The van der Waals surface area contributed by atoms with Crippen LogP contribution in [0.2, 0.25) is 0 Å². The van der Waals surface area contributed by atoms with E-state index in [9.17, 15) is 14.1 Å². The van der Waals surface area contributed by atoms with Crippen LogP contribution in [0.1, 0.15) is 11.1 Å². The minimum absolute atomic E-state index is 0.0422. The summed E-state index contributed by atoms with van der Waals surface area (Å²) >= 11 is 0. The lowest BCUT2D eigenvalue weighted by Crippen LogP contribution is -2.01. The maximum Gasteiger partial charge on any atom is 0.307 e. The Morgan fingerprint density at radius 3 is 2.35 bits per heavy atom. The molecule has 0 aliphatic heterocycles. The molecule has 0 bridgehead atoms. The molecule has 0 aromatic heterocycles. The summed E-state index contributed by atoms with van der Waals surface area (Å²) < 4.78 is 12.2. The van der Waals surface area contributed by atoms with E-state index in [0.29, 0.717) is 16.2 Å². The van der Waals surface area contributed by atoms with Crippen LogP contribution in [0.4, 0.5) is 0 Å². The van der Waals surface area contributed by atoms with Crippen molar-refractivity contribution in [3.8, 4) is 5.75 Å². The molecule has 1 unspecified atom stereocenters. The molecule has 2 aromatic carbocycles. The van der Waals surface area contributed by atoms with Crippen molar-refractivity contribution in [2.24, 2.45) is 0 Å². The molecule has 2 rings (SSSR count). The van der Waals surface area contributed by atoms with Crippen LogP contribution in [0.3, 0.4) is 0 Å². The molecule has 0 heterocycles. The maximum absolute atomic E-state index is 12.2. The first kappa shape index (κ1) is 14.3. The Morgan fingerprint density at radius 1 is 1.05 bits per heavy atom. The highest BCUT2D eigenvalue weighted by Gasteiger charge is 2.07. The molecule has 5 heteroatoms. The number of benzene rings is 2. The van der Waals surface area contributed by atoms with Crippen molar-refractivity contribution in [1.29, 1.82) is 0 Å². The Kier molecular flexibility index (Phi) is 4.53. The van der Waals surface area contributed by atoms with E-state index in [1.165, 1.54) is 0 Å². The number of phenolic OH excluding ortho intramolecular Hbond substituents is 1. The lowest BCUT2D eigenvalue weighted by molar-refractivity contribution is -0.136. The SMILES string of the molecule is O=C(O)Cc1ccc(S(=O)Cc2cccc(O)c2)cc1. The summed E-state index contributed by atoms with van der Waals surface area (Å²) in [5.74, 6) is -0.429. The van der Waals surface area contributed by atoms with Crippen LogP contribution in [0, 0.1) is 0 Å². The van der Waals surface area contributed by atoms with Gasteiger partial charge >= 0.3 is 5.97 Å². The van der Waals surface area contributed by atoms with Crippen LogP contribution < -0.4 is 0 Å². The van der Waals surface area contributed by atoms with E-state index >= 15 is 0 Å². The number of rotatable bonds is 5. The molecule has 2 aromatic rings. The predicted octanol–water partition coefficient (Wildman–Crippen LogP) is 2.33. The van der Waals surface area contributed by atoms with Crippen molar-refractivity contribution < 1.29 is 19.2 Å². The quantitative estimate of drug-likeness (QED) is 0.886. The van der Waals surface area contributed by atoms with Gasteiger partial charge < -0.3 is 10.2 Å². The second-order valence-electron chi connectivity index (χ2n) is 4.37. The van der Waals surface area contributed by atoms with Gasteiger partial charge in [0.15, 0.2) is 0 Å². The Labute approximate surface area is 119 Å². The Balaban J connectivity index is 2.07. The zero-order valence-electron chi connectivity index (χ0n) is 10.7. The second kappa shape index (κ2) is 6.34. The van der Waals surface area contributed by atoms with Gasteiger partial charge in [0.2, 0.25) is 0 Å². The van der Waals surface area contributed by atoms with Crippen LogP contribution in [-0.4, -0.2) is 20.4 Å². The fourth-order valence-electron chi connectivity index (χ4n) is 1.81. The monoisotopic (exact) mass is 290 g/mol. The molecule has 0 saturated carbocycles. The van der Waals surface area contributed by atoms with E-state index in [4.69, 9.17) is 5.11 Å². The molecule has 2 N–H and O–H groups in total. The lowest BCUT2D eigenvalue weighted by atomic mass is 10.2. The first-order valence-electron chi connectivity index (χ1n) is 6.01. The summed E-state index contributed by atoms with van der Waals surface area (Å²) in [4.78, 5) is 11.2. The first-order valence-corrected chi connectivity index (χ1v) is 7.33. The van der Waals surface area contributed by atoms with Gasteiger partial charge in [-0.3, -0.25) is 9.00 Å². The Hall–Kier alpha value is -2.14. The van der Waals surface area contributed by atoms with Crippen LogP contribution in [0.5, 0.6) is 5.75 Å². The second-order valence-corrected chi connectivity index (χ2v) is 5.83. The minimum atomic E-state index is -1.22. The van der Waals surface area contributed by atoms with Gasteiger partial charge in [0.05, 0.1) is 23.0 Å². The minimum Gasteiger partial charge on any atom is -0.508 e. The Morgan fingerprint density at radius 2 is 1.75 bits per heavy atom. The van der Waals surface area contributed by atoms with E-state index in [1.807, 2.05) is 0 Å². The van der Waals surface area contributed by atoms with Crippen molar-refractivity contribution >= 4 is 16.8 Å². The average Bonchev–Trinajstić information content (AvgIpc) is 2.38. The van der Waals surface area contributed by atoms with Crippen molar-refractivity contribution in [3.63, 3.8) is 0 Å². The van der Waals surface area contributed by atoms with Gasteiger partial charge in [0.1, 0.15) is 5.75 Å². The highest BCUT2D eigenvalue weighted by molar-refractivity contribution is 7.84. The standard InChI is InChI=1S/C15H14O4S/c16-13-3-1-2-12(8-13)10-20(19)14-6-4-11(5-7-14)9-15(17)18/h1-8,16H,9-10H2,(H,17,18). The van der Waals surface area contributed by atoms with Crippen molar-refractivity contribution in [3.05, 3.63) is 59.7 Å². The van der Waals surface area contributed by atoms with Crippen molar-refractivity contribution in [2.75, 3.05) is 0 Å². The molecule has 104 valence electrons. The molecule has 4 nitrogen and oxygen atoms in total. The molecular formula is C15H14O4S. The van der Waals surface area contributed by atoms with E-state index < -0.39 is 16.8 Å². The number of carboxylic acids is 1. The molecule has 0 radical (unpaired) electrons. The molecule has 0 saturated heterocycles. The molecule has 0 amide bonds. The van der Waals surface area contributed by atoms with Gasteiger partial charge in [-0.05, 0) is 35.4 Å². The number of phenols is 1. The molecule has 0 spiro atoms. The Bertz CT molecular complexity index is 635. The van der Waals surface area contributed by atoms with Crippen molar-refractivity contribution in [2.45, 2.75) is 17.1 Å². The highest BCUT2D eigenvalue weighted by Crippen LogP contribution is 2.17. The number of carbonyl (C=O) groups is 1. The molecule has 0 fully saturated rings. The third-order valence-corrected chi connectivity index (χ3v) is 4.14. The van der Waals surface area contributed by atoms with Crippen LogP contribution >= 0.6 is 0 Å². The van der Waals surface area contributed by atoms with E-state index in [1.54, 1.807) is 48.5 Å². The smallest absolute Gasteiger partial charge is 0.307 e. The highest BCUT2D eigenvalue weighted by atomic mass is 32.2. The molecule has 0 aliphatic carbocycles. The van der Waals surface area contributed by atoms with Gasteiger partial charge in [-0.1, -0.05) is 24.3 Å². The fourth-order valence-corrected chi connectivity index (χ4v) is 2.90. The average molecular weight is 290 g/mol. The van der Waals surface area contributed by atoms with E-state index in [0.717, 1.165) is 5.56 Å². The fraction of sp³-hybridized carbons (Fsp3) is 0.133. The number of carboxylic acid groups (broad SMARTS) is 1. The molecule has 20 heavy (non-hydrogen) atoms. The summed E-state index contributed by atoms with van der Waals surface area (Å²) in [5, 5.41) is 18.0. The zero-order chi connectivity index (χ0) is 14.5. The van der Waals surface area contributed by atoms with Gasteiger partial charge in [0.25, 0.3) is 0 Å². The summed E-state index contributed by atoms with van der Waals surface area (Å²) in [7, 11) is -1.22. The topological polar surface area (TPSA) is 74.6 Å². The predicted molar refractivity (Wildman–Crippen MR) is 76.0 cm³/mol. The van der Waals surface area contributed by atoms with Crippen LogP contribution in [0.15, 0.2) is 53.4 Å². The van der Waals surface area contributed by atoms with Gasteiger partial charge in [-0.2, -0.15) is 0 Å². The summed E-state index contributed by atoms with van der Waals surface area (Å²) in [5.41, 5.74) is 1.47. The van der Waals surface area contributed by atoms with Gasteiger partial charge in [0, 0.05) is 4.90 Å². The number of hydrogen-bond acceptors (Lipinski definition) is 3. The molecule has 1 atom stereocenters. The van der Waals surface area contributed by atoms with Crippen molar-refractivity contribution in [1.82, 2.24) is 0 Å². The summed E-state index contributed by atoms with van der Waals surface area (Å²) in [6, 6.07) is 13.3. The third kappa shape index (κ3) is 3.93. The third-order valence-electron chi connectivity index (χ3n) is 2.75. The lowest BCUT2D eigenvalue weighted by Gasteiger charge is -2.04. The van der Waals surface area contributed by atoms with Gasteiger partial charge in [-0.15, -0.1) is 0 Å².